The highest BCUT2D eigenvalue weighted by Crippen LogP contribution is 2.26. The molecule has 0 bridgehead atoms. The fraction of sp³-hybridized carbons (Fsp3) is 0.200. The van der Waals surface area contributed by atoms with E-state index in [-0.39, 0.29) is 18.2 Å². The number of rotatable bonds is 4. The second kappa shape index (κ2) is 6.21. The lowest BCUT2D eigenvalue weighted by Gasteiger charge is -2.09. The molecule has 2 N–H and O–H groups in total. The van der Waals surface area contributed by atoms with Crippen LogP contribution >= 0.6 is 0 Å². The first kappa shape index (κ1) is 16.8. The summed E-state index contributed by atoms with van der Waals surface area (Å²) in [7, 11) is 0. The summed E-state index contributed by atoms with van der Waals surface area (Å²) >= 11 is 0. The molecule has 10 nitrogen and oxygen atoms in total. The quantitative estimate of drug-likeness (QED) is 0.393. The summed E-state index contributed by atoms with van der Waals surface area (Å²) in [5, 5.41) is 10.1. The maximum atomic E-state index is 12.0. The number of nitrogens with one attached hydrogen (secondary N) is 2. The van der Waals surface area contributed by atoms with Crippen LogP contribution in [0.3, 0.4) is 0 Å². The topological polar surface area (TPSA) is 119 Å². The number of hydrogen-bond acceptors (Lipinski definition) is 7. The van der Waals surface area contributed by atoms with E-state index in [0.717, 1.165) is 23.9 Å². The summed E-state index contributed by atoms with van der Waals surface area (Å²) in [6.45, 7) is 0. The number of imide groups is 1. The monoisotopic (exact) mass is 400 g/mol. The van der Waals surface area contributed by atoms with Gasteiger partial charge in [0.05, 0.1) is 23.7 Å². The number of fused-ring (bicyclic) bond motifs is 2. The number of para-hydroxylation sites is 2. The first-order chi connectivity index (χ1) is 14.7. The molecule has 1 saturated heterocycles. The predicted molar refractivity (Wildman–Crippen MR) is 108 cm³/mol. The van der Waals surface area contributed by atoms with Crippen LogP contribution in [0.1, 0.15) is 24.8 Å². The smallest absolute Gasteiger partial charge is 0.254 e. The highest BCUT2D eigenvalue weighted by molar-refractivity contribution is 6.15. The van der Waals surface area contributed by atoms with Crippen molar-refractivity contribution in [2.75, 3.05) is 5.32 Å². The molecule has 6 rings (SSSR count). The minimum atomic E-state index is -0.384. The Morgan fingerprint density at radius 1 is 1.17 bits per heavy atom. The molecular weight excluding hydrogens is 384 g/mol. The lowest BCUT2D eigenvalue weighted by Crippen LogP contribution is -2.19. The van der Waals surface area contributed by atoms with Crippen LogP contribution in [0.15, 0.2) is 42.4 Å². The van der Waals surface area contributed by atoms with Crippen LogP contribution in [0.4, 0.5) is 5.95 Å². The standard InChI is InChI=1S/C20H16N8O2/c29-16-8-11(18(30)24-16)7-12-9-22-28-17(12)25-19(26-20(28)23-13-5-6-13)27-10-21-14-3-1-2-4-15(14)27/h1-4,7,9-10,13H,5-6,8H2,(H,23,25,26)(H,24,29,30). The van der Waals surface area contributed by atoms with Gasteiger partial charge >= 0.3 is 0 Å². The van der Waals surface area contributed by atoms with Crippen LogP contribution in [-0.4, -0.2) is 47.0 Å². The van der Waals surface area contributed by atoms with Crippen molar-refractivity contribution in [2.45, 2.75) is 25.3 Å². The predicted octanol–water partition coefficient (Wildman–Crippen LogP) is 1.47. The average molecular weight is 400 g/mol. The van der Waals surface area contributed by atoms with E-state index in [2.05, 4.69) is 20.7 Å². The molecule has 0 atom stereocenters. The second-order valence-electron chi connectivity index (χ2n) is 7.43. The SMILES string of the molecule is O=C1CC(=Cc2cnn3c(NC4CC4)nc(-n4cnc5ccccc54)nc23)C(=O)N1. The Kier molecular flexibility index (Phi) is 3.48. The highest BCUT2D eigenvalue weighted by atomic mass is 16.2. The molecule has 1 aliphatic heterocycles. The zero-order chi connectivity index (χ0) is 20.2. The summed E-state index contributed by atoms with van der Waals surface area (Å²) in [6.07, 6.45) is 7.18. The molecule has 4 aromatic rings. The van der Waals surface area contributed by atoms with Gasteiger partial charge in [-0.1, -0.05) is 12.1 Å². The Morgan fingerprint density at radius 2 is 2.03 bits per heavy atom. The number of anilines is 1. The van der Waals surface area contributed by atoms with Crippen LogP contribution in [0.5, 0.6) is 0 Å². The average Bonchev–Trinajstić information content (AvgIpc) is 3.16. The van der Waals surface area contributed by atoms with E-state index in [1.165, 1.54) is 0 Å². The van der Waals surface area contributed by atoms with Crippen LogP contribution in [0.25, 0.3) is 28.7 Å². The molecule has 1 saturated carbocycles. The van der Waals surface area contributed by atoms with E-state index < -0.39 is 0 Å². The number of carbonyl (C=O) groups excluding carboxylic acids is 2. The van der Waals surface area contributed by atoms with Gasteiger partial charge in [0.25, 0.3) is 5.91 Å². The minimum Gasteiger partial charge on any atom is -0.351 e. The number of imidazole rings is 1. The van der Waals surface area contributed by atoms with Crippen molar-refractivity contribution in [2.24, 2.45) is 0 Å². The van der Waals surface area contributed by atoms with Gasteiger partial charge in [0, 0.05) is 17.2 Å². The summed E-state index contributed by atoms with van der Waals surface area (Å²) in [6, 6.07) is 8.11. The third-order valence-corrected chi connectivity index (χ3v) is 5.19. The summed E-state index contributed by atoms with van der Waals surface area (Å²) < 4.78 is 3.45. The molecule has 0 radical (unpaired) electrons. The number of benzene rings is 1. The first-order valence-electron chi connectivity index (χ1n) is 9.65. The van der Waals surface area contributed by atoms with E-state index in [1.54, 1.807) is 23.1 Å². The van der Waals surface area contributed by atoms with Gasteiger partial charge in [0.15, 0.2) is 5.65 Å². The van der Waals surface area contributed by atoms with Crippen molar-refractivity contribution in [3.8, 4) is 5.95 Å². The van der Waals surface area contributed by atoms with Crippen molar-refractivity contribution in [1.82, 2.24) is 34.4 Å². The molecule has 30 heavy (non-hydrogen) atoms. The fourth-order valence-electron chi connectivity index (χ4n) is 3.52. The van der Waals surface area contributed by atoms with Gasteiger partial charge in [-0.05, 0) is 31.1 Å². The molecule has 1 aliphatic carbocycles. The molecular formula is C20H16N8O2. The fourth-order valence-corrected chi connectivity index (χ4v) is 3.52. The molecule has 1 aromatic carbocycles. The van der Waals surface area contributed by atoms with Crippen LogP contribution < -0.4 is 10.6 Å². The molecule has 2 fully saturated rings. The maximum absolute atomic E-state index is 12.0. The van der Waals surface area contributed by atoms with Crippen molar-refractivity contribution in [3.63, 3.8) is 0 Å². The third kappa shape index (κ3) is 2.72. The summed E-state index contributed by atoms with van der Waals surface area (Å²) in [4.78, 5) is 37.3. The normalized spacial score (nSPS) is 17.9. The molecule has 2 aliphatic rings. The first-order valence-corrected chi connectivity index (χ1v) is 9.65. The Bertz CT molecular complexity index is 1380. The van der Waals surface area contributed by atoms with E-state index in [0.29, 0.717) is 34.7 Å². The van der Waals surface area contributed by atoms with Gasteiger partial charge in [-0.15, -0.1) is 0 Å². The summed E-state index contributed by atoms with van der Waals surface area (Å²) in [5.74, 6) is 0.336. The largest absolute Gasteiger partial charge is 0.351 e. The van der Waals surface area contributed by atoms with Crippen molar-refractivity contribution in [1.29, 1.82) is 0 Å². The van der Waals surface area contributed by atoms with E-state index in [1.807, 2.05) is 28.8 Å². The Morgan fingerprint density at radius 3 is 2.83 bits per heavy atom. The van der Waals surface area contributed by atoms with Crippen LogP contribution in [0.2, 0.25) is 0 Å². The van der Waals surface area contributed by atoms with Gasteiger partial charge in [-0.25, -0.2) is 4.98 Å². The van der Waals surface area contributed by atoms with E-state index >= 15 is 0 Å². The van der Waals surface area contributed by atoms with Crippen molar-refractivity contribution in [3.05, 3.63) is 47.9 Å². The molecule has 0 spiro atoms. The minimum absolute atomic E-state index is 0.0491. The number of hydrogen-bond donors (Lipinski definition) is 2. The van der Waals surface area contributed by atoms with Crippen molar-refractivity contribution >= 4 is 40.5 Å². The zero-order valence-corrected chi connectivity index (χ0v) is 15.7. The molecule has 2 amide bonds. The zero-order valence-electron chi connectivity index (χ0n) is 15.7. The number of nitrogens with zero attached hydrogens (tertiary/aromatic N) is 6. The lowest BCUT2D eigenvalue weighted by molar-refractivity contribution is -0.124. The molecule has 0 unspecified atom stereocenters. The number of carbonyl (C=O) groups is 2. The highest BCUT2D eigenvalue weighted by Gasteiger charge is 2.26. The Labute approximate surface area is 169 Å². The van der Waals surface area contributed by atoms with Gasteiger partial charge in [-0.3, -0.25) is 19.5 Å². The van der Waals surface area contributed by atoms with E-state index in [4.69, 9.17) is 9.97 Å². The maximum Gasteiger partial charge on any atom is 0.254 e. The van der Waals surface area contributed by atoms with Gasteiger partial charge in [-0.2, -0.15) is 19.6 Å². The summed E-state index contributed by atoms with van der Waals surface area (Å²) in [5.41, 5.74) is 3.30. The molecule has 10 heteroatoms. The molecule has 4 heterocycles. The third-order valence-electron chi connectivity index (χ3n) is 5.19. The number of aromatic nitrogens is 6. The molecule has 3 aromatic heterocycles. The number of amides is 2. The Hall–Kier alpha value is -4.08. The molecule has 148 valence electrons. The van der Waals surface area contributed by atoms with Crippen LogP contribution in [-0.2, 0) is 9.59 Å². The van der Waals surface area contributed by atoms with Crippen molar-refractivity contribution < 1.29 is 9.59 Å². The Balaban J connectivity index is 1.54. The van der Waals surface area contributed by atoms with Gasteiger partial charge in [0.2, 0.25) is 17.8 Å². The lowest BCUT2D eigenvalue weighted by atomic mass is 10.1. The van der Waals surface area contributed by atoms with Crippen LogP contribution in [0, 0.1) is 0 Å². The van der Waals surface area contributed by atoms with Gasteiger partial charge < -0.3 is 5.32 Å². The van der Waals surface area contributed by atoms with E-state index in [9.17, 15) is 9.59 Å². The van der Waals surface area contributed by atoms with Gasteiger partial charge in [0.1, 0.15) is 6.33 Å². The second-order valence-corrected chi connectivity index (χ2v) is 7.43.